The lowest BCUT2D eigenvalue weighted by Gasteiger charge is -2.09. The van der Waals surface area contributed by atoms with Gasteiger partial charge >= 0.3 is 5.97 Å². The molecule has 0 aliphatic carbocycles. The van der Waals surface area contributed by atoms with Crippen molar-refractivity contribution in [3.8, 4) is 0 Å². The van der Waals surface area contributed by atoms with Gasteiger partial charge in [0.2, 0.25) is 0 Å². The molecule has 0 aliphatic heterocycles. The van der Waals surface area contributed by atoms with Gasteiger partial charge in [-0.2, -0.15) is 0 Å². The van der Waals surface area contributed by atoms with E-state index in [1.165, 1.54) is 0 Å². The van der Waals surface area contributed by atoms with Gasteiger partial charge in [0.15, 0.2) is 6.61 Å². The standard InChI is InChI=1S/C19H19BrN2O4/c1-12-7-13(2)9-16(8-12)22-17(23)11-26-18(24)10-21-19(25)14-3-5-15(20)6-4-14/h3-9H,10-11H2,1-2H3,(H,21,25)(H,22,23). The second-order valence-corrected chi connectivity index (χ2v) is 6.69. The van der Waals surface area contributed by atoms with Gasteiger partial charge in [-0.05, 0) is 61.4 Å². The second-order valence-electron chi connectivity index (χ2n) is 5.77. The van der Waals surface area contributed by atoms with Crippen molar-refractivity contribution in [2.75, 3.05) is 18.5 Å². The van der Waals surface area contributed by atoms with E-state index in [9.17, 15) is 14.4 Å². The van der Waals surface area contributed by atoms with Crippen LogP contribution in [-0.4, -0.2) is 30.9 Å². The Bertz CT molecular complexity index is 799. The van der Waals surface area contributed by atoms with Gasteiger partial charge in [0.05, 0.1) is 0 Å². The maximum atomic E-state index is 11.9. The largest absolute Gasteiger partial charge is 0.454 e. The Hall–Kier alpha value is -2.67. The normalized spacial score (nSPS) is 10.1. The summed E-state index contributed by atoms with van der Waals surface area (Å²) in [6.45, 7) is 3.12. The van der Waals surface area contributed by atoms with Crippen LogP contribution in [0.3, 0.4) is 0 Å². The molecule has 0 aromatic heterocycles. The quantitative estimate of drug-likeness (QED) is 0.706. The third kappa shape index (κ3) is 6.33. The zero-order chi connectivity index (χ0) is 19.1. The zero-order valence-electron chi connectivity index (χ0n) is 14.5. The molecule has 2 N–H and O–H groups in total. The van der Waals surface area contributed by atoms with Crippen LogP contribution in [-0.2, 0) is 14.3 Å². The summed E-state index contributed by atoms with van der Waals surface area (Å²) in [7, 11) is 0. The number of hydrogen-bond acceptors (Lipinski definition) is 4. The molecule has 2 rings (SSSR count). The fourth-order valence-electron chi connectivity index (χ4n) is 2.30. The Kier molecular flexibility index (Phi) is 6.91. The SMILES string of the molecule is Cc1cc(C)cc(NC(=O)COC(=O)CNC(=O)c2ccc(Br)cc2)c1. The van der Waals surface area contributed by atoms with Crippen molar-refractivity contribution in [2.45, 2.75) is 13.8 Å². The van der Waals surface area contributed by atoms with Crippen LogP contribution < -0.4 is 10.6 Å². The average molecular weight is 419 g/mol. The highest BCUT2D eigenvalue weighted by Crippen LogP contribution is 2.13. The number of hydrogen-bond donors (Lipinski definition) is 2. The minimum Gasteiger partial charge on any atom is -0.454 e. The molecule has 2 amide bonds. The van der Waals surface area contributed by atoms with E-state index in [0.29, 0.717) is 11.3 Å². The van der Waals surface area contributed by atoms with Crippen LogP contribution in [0.4, 0.5) is 5.69 Å². The van der Waals surface area contributed by atoms with Crippen molar-refractivity contribution in [1.29, 1.82) is 0 Å². The van der Waals surface area contributed by atoms with E-state index in [2.05, 4.69) is 26.6 Å². The molecule has 0 saturated heterocycles. The molecule has 7 heteroatoms. The molecule has 136 valence electrons. The molecule has 0 bridgehead atoms. The summed E-state index contributed by atoms with van der Waals surface area (Å²) < 4.78 is 5.72. The third-order valence-corrected chi connectivity index (χ3v) is 3.90. The summed E-state index contributed by atoms with van der Waals surface area (Å²) in [5, 5.41) is 5.11. The first-order valence-electron chi connectivity index (χ1n) is 7.91. The average Bonchev–Trinajstić information content (AvgIpc) is 2.57. The molecule has 0 radical (unpaired) electrons. The smallest absolute Gasteiger partial charge is 0.325 e. The maximum absolute atomic E-state index is 11.9. The summed E-state index contributed by atoms with van der Waals surface area (Å²) >= 11 is 3.28. The number of anilines is 1. The van der Waals surface area contributed by atoms with E-state index in [0.717, 1.165) is 15.6 Å². The number of amides is 2. The lowest BCUT2D eigenvalue weighted by atomic mass is 10.1. The minimum absolute atomic E-state index is 0.314. The van der Waals surface area contributed by atoms with E-state index in [-0.39, 0.29) is 6.54 Å². The number of ether oxygens (including phenoxy) is 1. The monoisotopic (exact) mass is 418 g/mol. The van der Waals surface area contributed by atoms with Crippen molar-refractivity contribution < 1.29 is 19.1 Å². The first kappa shape index (κ1) is 19.7. The summed E-state index contributed by atoms with van der Waals surface area (Å²) in [5.41, 5.74) is 3.11. The summed E-state index contributed by atoms with van der Waals surface area (Å²) in [6.07, 6.45) is 0. The second kappa shape index (κ2) is 9.15. The van der Waals surface area contributed by atoms with Gasteiger partial charge in [0, 0.05) is 15.7 Å². The van der Waals surface area contributed by atoms with Gasteiger partial charge in [-0.15, -0.1) is 0 Å². The van der Waals surface area contributed by atoms with Crippen molar-refractivity contribution >= 4 is 39.4 Å². The van der Waals surface area contributed by atoms with E-state index in [1.807, 2.05) is 32.0 Å². The predicted molar refractivity (Wildman–Crippen MR) is 102 cm³/mol. The first-order chi connectivity index (χ1) is 12.3. The van der Waals surface area contributed by atoms with E-state index in [4.69, 9.17) is 4.74 Å². The topological polar surface area (TPSA) is 84.5 Å². The first-order valence-corrected chi connectivity index (χ1v) is 8.70. The molecule has 0 fully saturated rings. The van der Waals surface area contributed by atoms with Crippen LogP contribution in [0.25, 0.3) is 0 Å². The Balaban J connectivity index is 1.74. The predicted octanol–water partition coefficient (Wildman–Crippen LogP) is 2.98. The van der Waals surface area contributed by atoms with Crippen LogP contribution >= 0.6 is 15.9 Å². The van der Waals surface area contributed by atoms with Gasteiger partial charge in [-0.3, -0.25) is 14.4 Å². The summed E-state index contributed by atoms with van der Waals surface area (Å²) in [5.74, 6) is -1.53. The Labute approximate surface area is 160 Å². The van der Waals surface area contributed by atoms with Crippen LogP contribution in [0.5, 0.6) is 0 Å². The van der Waals surface area contributed by atoms with Crippen molar-refractivity contribution in [1.82, 2.24) is 5.32 Å². The molecular formula is C19H19BrN2O4. The molecule has 0 atom stereocenters. The Morgan fingerprint density at radius 1 is 1.00 bits per heavy atom. The maximum Gasteiger partial charge on any atom is 0.325 e. The van der Waals surface area contributed by atoms with Gasteiger partial charge in [-0.25, -0.2) is 0 Å². The number of rotatable bonds is 6. The van der Waals surface area contributed by atoms with Gasteiger partial charge in [-0.1, -0.05) is 22.0 Å². The number of halogens is 1. The lowest BCUT2D eigenvalue weighted by molar-refractivity contribution is -0.146. The number of carbonyl (C=O) groups excluding carboxylic acids is 3. The summed E-state index contributed by atoms with van der Waals surface area (Å²) in [6, 6.07) is 12.3. The molecule has 2 aromatic rings. The van der Waals surface area contributed by atoms with Crippen molar-refractivity contribution in [2.24, 2.45) is 0 Å². The lowest BCUT2D eigenvalue weighted by Crippen LogP contribution is -2.32. The van der Waals surface area contributed by atoms with Crippen LogP contribution in [0.2, 0.25) is 0 Å². The highest BCUT2D eigenvalue weighted by molar-refractivity contribution is 9.10. The van der Waals surface area contributed by atoms with Crippen molar-refractivity contribution in [3.63, 3.8) is 0 Å². The summed E-state index contributed by atoms with van der Waals surface area (Å²) in [4.78, 5) is 35.4. The molecule has 0 saturated carbocycles. The fraction of sp³-hybridized carbons (Fsp3) is 0.211. The number of benzene rings is 2. The molecule has 26 heavy (non-hydrogen) atoms. The fourth-order valence-corrected chi connectivity index (χ4v) is 2.56. The molecule has 0 aliphatic rings. The Morgan fingerprint density at radius 3 is 2.23 bits per heavy atom. The van der Waals surface area contributed by atoms with E-state index in [1.54, 1.807) is 24.3 Å². The number of nitrogens with one attached hydrogen (secondary N) is 2. The van der Waals surface area contributed by atoms with Gasteiger partial charge in [0.25, 0.3) is 11.8 Å². The van der Waals surface area contributed by atoms with Crippen LogP contribution in [0.15, 0.2) is 46.9 Å². The van der Waals surface area contributed by atoms with Crippen LogP contribution in [0, 0.1) is 13.8 Å². The molecule has 0 heterocycles. The van der Waals surface area contributed by atoms with Crippen LogP contribution in [0.1, 0.15) is 21.5 Å². The molecule has 0 unspecified atom stereocenters. The number of aryl methyl sites for hydroxylation is 2. The highest BCUT2D eigenvalue weighted by atomic mass is 79.9. The van der Waals surface area contributed by atoms with Gasteiger partial charge < -0.3 is 15.4 Å². The molecule has 6 nitrogen and oxygen atoms in total. The van der Waals surface area contributed by atoms with E-state index >= 15 is 0 Å². The molecule has 2 aromatic carbocycles. The van der Waals surface area contributed by atoms with Crippen molar-refractivity contribution in [3.05, 3.63) is 63.6 Å². The number of esters is 1. The number of carbonyl (C=O) groups is 3. The zero-order valence-corrected chi connectivity index (χ0v) is 16.1. The molecule has 0 spiro atoms. The highest BCUT2D eigenvalue weighted by Gasteiger charge is 2.11. The third-order valence-electron chi connectivity index (χ3n) is 3.37. The minimum atomic E-state index is -0.689. The Morgan fingerprint density at radius 2 is 1.62 bits per heavy atom. The van der Waals surface area contributed by atoms with E-state index < -0.39 is 24.4 Å². The van der Waals surface area contributed by atoms with Gasteiger partial charge in [0.1, 0.15) is 6.54 Å². The molecular weight excluding hydrogens is 400 g/mol.